The van der Waals surface area contributed by atoms with Crippen LogP contribution in [0.25, 0.3) is 0 Å². The lowest BCUT2D eigenvalue weighted by molar-refractivity contribution is 0.218. The van der Waals surface area contributed by atoms with Gasteiger partial charge in [0.05, 0.1) is 0 Å². The average molecular weight is 320 g/mol. The molecule has 124 valence electrons. The lowest BCUT2D eigenvalue weighted by Crippen LogP contribution is -2.42. The Morgan fingerprint density at radius 2 is 1.86 bits per heavy atom. The van der Waals surface area contributed by atoms with Crippen molar-refractivity contribution in [1.82, 2.24) is 4.90 Å². The Balaban J connectivity index is 1.71. The normalized spacial score (nSPS) is 20.5. The molecule has 0 aromatic heterocycles. The SMILES string of the molecule is CC(C)(C)[Si](C)(C)OCCN1CCC(Cc2ccccc2)C1. The fraction of sp³-hybridized carbons (Fsp3) is 0.684. The van der Waals surface area contributed by atoms with E-state index in [1.807, 2.05) is 0 Å². The molecule has 2 rings (SSSR count). The van der Waals surface area contributed by atoms with Crippen LogP contribution in [0.5, 0.6) is 0 Å². The minimum absolute atomic E-state index is 0.313. The summed E-state index contributed by atoms with van der Waals surface area (Å²) in [6, 6.07) is 10.9. The van der Waals surface area contributed by atoms with E-state index in [2.05, 4.69) is 69.1 Å². The third-order valence-corrected chi connectivity index (χ3v) is 9.95. The van der Waals surface area contributed by atoms with Gasteiger partial charge in [0.25, 0.3) is 0 Å². The van der Waals surface area contributed by atoms with Crippen LogP contribution in [-0.2, 0) is 10.8 Å². The lowest BCUT2D eigenvalue weighted by Gasteiger charge is -2.36. The van der Waals surface area contributed by atoms with Crippen LogP contribution < -0.4 is 0 Å². The fourth-order valence-corrected chi connectivity index (χ4v) is 3.91. The Morgan fingerprint density at radius 1 is 1.18 bits per heavy atom. The van der Waals surface area contributed by atoms with E-state index in [0.29, 0.717) is 5.04 Å². The van der Waals surface area contributed by atoms with Gasteiger partial charge in [0, 0.05) is 19.7 Å². The van der Waals surface area contributed by atoms with E-state index in [-0.39, 0.29) is 0 Å². The first kappa shape index (κ1) is 17.7. The minimum Gasteiger partial charge on any atom is -0.416 e. The molecule has 1 heterocycles. The van der Waals surface area contributed by atoms with Crippen LogP contribution in [0.3, 0.4) is 0 Å². The largest absolute Gasteiger partial charge is 0.416 e. The number of benzene rings is 1. The highest BCUT2D eigenvalue weighted by atomic mass is 28.4. The van der Waals surface area contributed by atoms with Gasteiger partial charge in [0.15, 0.2) is 8.32 Å². The van der Waals surface area contributed by atoms with Crippen LogP contribution in [-0.4, -0.2) is 39.5 Å². The fourth-order valence-electron chi connectivity index (χ4n) is 2.88. The van der Waals surface area contributed by atoms with Gasteiger partial charge in [0.1, 0.15) is 0 Å². The predicted molar refractivity (Wildman–Crippen MR) is 97.8 cm³/mol. The van der Waals surface area contributed by atoms with Gasteiger partial charge >= 0.3 is 0 Å². The van der Waals surface area contributed by atoms with Gasteiger partial charge in [0.2, 0.25) is 0 Å². The van der Waals surface area contributed by atoms with Crippen molar-refractivity contribution < 1.29 is 4.43 Å². The van der Waals surface area contributed by atoms with Crippen LogP contribution in [0.2, 0.25) is 18.1 Å². The van der Waals surface area contributed by atoms with E-state index in [0.717, 1.165) is 19.1 Å². The molecule has 3 heteroatoms. The summed E-state index contributed by atoms with van der Waals surface area (Å²) in [7, 11) is -1.58. The number of nitrogens with zero attached hydrogens (tertiary/aromatic N) is 1. The van der Waals surface area contributed by atoms with Gasteiger partial charge in [-0.3, -0.25) is 0 Å². The second-order valence-corrected chi connectivity index (χ2v) is 13.1. The summed E-state index contributed by atoms with van der Waals surface area (Å²) >= 11 is 0. The standard InChI is InChI=1S/C19H33NOSi/c1-19(2,3)22(4,5)21-14-13-20-12-11-18(16-20)15-17-9-7-6-8-10-17/h6-10,18H,11-16H2,1-5H3. The van der Waals surface area contributed by atoms with Crippen LogP contribution in [0.1, 0.15) is 32.8 Å². The van der Waals surface area contributed by atoms with E-state index in [1.54, 1.807) is 0 Å². The molecule has 0 spiro atoms. The maximum Gasteiger partial charge on any atom is 0.192 e. The number of hydrogen-bond acceptors (Lipinski definition) is 2. The van der Waals surface area contributed by atoms with Crippen molar-refractivity contribution in [2.24, 2.45) is 5.92 Å². The zero-order valence-corrected chi connectivity index (χ0v) is 16.1. The van der Waals surface area contributed by atoms with E-state index >= 15 is 0 Å². The molecule has 0 amide bonds. The van der Waals surface area contributed by atoms with Crippen LogP contribution in [0.15, 0.2) is 30.3 Å². The monoisotopic (exact) mass is 319 g/mol. The topological polar surface area (TPSA) is 12.5 Å². The van der Waals surface area contributed by atoms with Crippen molar-refractivity contribution in [2.45, 2.75) is 51.7 Å². The maximum atomic E-state index is 6.31. The van der Waals surface area contributed by atoms with E-state index in [1.165, 1.54) is 31.5 Å². The zero-order valence-electron chi connectivity index (χ0n) is 15.1. The van der Waals surface area contributed by atoms with Crippen molar-refractivity contribution in [3.63, 3.8) is 0 Å². The summed E-state index contributed by atoms with van der Waals surface area (Å²) in [6.45, 7) is 16.1. The minimum atomic E-state index is -1.58. The second-order valence-electron chi connectivity index (χ2n) is 8.25. The number of rotatable bonds is 6. The summed E-state index contributed by atoms with van der Waals surface area (Å²) in [6.07, 6.45) is 2.55. The summed E-state index contributed by atoms with van der Waals surface area (Å²) in [4.78, 5) is 2.58. The molecule has 0 bridgehead atoms. The molecule has 2 nitrogen and oxygen atoms in total. The molecule has 1 aliphatic heterocycles. The first-order chi connectivity index (χ1) is 10.3. The average Bonchev–Trinajstić information content (AvgIpc) is 2.86. The van der Waals surface area contributed by atoms with E-state index < -0.39 is 8.32 Å². The molecule has 1 saturated heterocycles. The third kappa shape index (κ3) is 4.93. The molecular weight excluding hydrogens is 286 g/mol. The molecule has 1 atom stereocenters. The molecule has 22 heavy (non-hydrogen) atoms. The van der Waals surface area contributed by atoms with E-state index in [4.69, 9.17) is 4.43 Å². The van der Waals surface area contributed by atoms with Gasteiger partial charge in [-0.2, -0.15) is 0 Å². The highest BCUT2D eigenvalue weighted by molar-refractivity contribution is 6.74. The molecule has 1 aromatic carbocycles. The predicted octanol–water partition coefficient (Wildman–Crippen LogP) is 4.57. The van der Waals surface area contributed by atoms with E-state index in [9.17, 15) is 0 Å². The highest BCUT2D eigenvalue weighted by Crippen LogP contribution is 2.36. The van der Waals surface area contributed by atoms with Gasteiger partial charge in [-0.15, -0.1) is 0 Å². The van der Waals surface area contributed by atoms with Crippen molar-refractivity contribution in [3.8, 4) is 0 Å². The Morgan fingerprint density at radius 3 is 2.50 bits per heavy atom. The Hall–Kier alpha value is -0.643. The van der Waals surface area contributed by atoms with Gasteiger partial charge in [-0.05, 0) is 49.0 Å². The second kappa shape index (κ2) is 7.29. The number of likely N-dealkylation sites (tertiary alicyclic amines) is 1. The highest BCUT2D eigenvalue weighted by Gasteiger charge is 2.37. The van der Waals surface area contributed by atoms with Crippen LogP contribution in [0.4, 0.5) is 0 Å². The molecule has 0 aliphatic carbocycles. The molecule has 1 aliphatic rings. The molecule has 0 radical (unpaired) electrons. The summed E-state index contributed by atoms with van der Waals surface area (Å²) in [5, 5.41) is 0.313. The van der Waals surface area contributed by atoms with Gasteiger partial charge in [-0.1, -0.05) is 51.1 Å². The summed E-state index contributed by atoms with van der Waals surface area (Å²) in [5.74, 6) is 0.815. The third-order valence-electron chi connectivity index (χ3n) is 5.41. The quantitative estimate of drug-likeness (QED) is 0.712. The molecular formula is C19H33NOSi. The molecule has 0 saturated carbocycles. The van der Waals surface area contributed by atoms with Gasteiger partial charge < -0.3 is 9.33 Å². The van der Waals surface area contributed by atoms with Crippen LogP contribution in [0, 0.1) is 5.92 Å². The van der Waals surface area contributed by atoms with Crippen molar-refractivity contribution in [1.29, 1.82) is 0 Å². The van der Waals surface area contributed by atoms with Crippen LogP contribution >= 0.6 is 0 Å². The Labute approximate surface area is 138 Å². The van der Waals surface area contributed by atoms with Crippen molar-refractivity contribution in [3.05, 3.63) is 35.9 Å². The van der Waals surface area contributed by atoms with Gasteiger partial charge in [-0.25, -0.2) is 0 Å². The summed E-state index contributed by atoms with van der Waals surface area (Å²) in [5.41, 5.74) is 1.48. The first-order valence-corrected chi connectivity index (χ1v) is 11.6. The smallest absolute Gasteiger partial charge is 0.192 e. The first-order valence-electron chi connectivity index (χ1n) is 8.68. The molecule has 1 fully saturated rings. The Bertz CT molecular complexity index is 452. The zero-order chi connectivity index (χ0) is 16.2. The lowest BCUT2D eigenvalue weighted by atomic mass is 9.99. The molecule has 1 aromatic rings. The Kier molecular flexibility index (Phi) is 5.86. The molecule has 0 N–H and O–H groups in total. The van der Waals surface area contributed by atoms with Crippen molar-refractivity contribution in [2.75, 3.05) is 26.2 Å². The number of hydrogen-bond donors (Lipinski definition) is 0. The summed E-state index contributed by atoms with van der Waals surface area (Å²) < 4.78 is 6.31. The molecule has 1 unspecified atom stereocenters. The maximum absolute atomic E-state index is 6.31. The van der Waals surface area contributed by atoms with Crippen molar-refractivity contribution >= 4 is 8.32 Å².